The third kappa shape index (κ3) is 8.11. The third-order valence-corrected chi connectivity index (χ3v) is 3.78. The Morgan fingerprint density at radius 1 is 0.952 bits per heavy atom. The summed E-state index contributed by atoms with van der Waals surface area (Å²) in [6, 6.07) is 8.53. The Bertz CT molecular complexity index is 401. The lowest BCUT2D eigenvalue weighted by Crippen LogP contribution is -2.38. The van der Waals surface area contributed by atoms with Gasteiger partial charge in [-0.25, -0.2) is 0 Å². The molecule has 1 rings (SSSR count). The molecule has 0 spiro atoms. The number of hydrogen-bond donors (Lipinski definition) is 1. The fourth-order valence-electron chi connectivity index (χ4n) is 2.30. The molecule has 0 saturated heterocycles. The van der Waals surface area contributed by atoms with Gasteiger partial charge in [0.05, 0.1) is 6.61 Å². The van der Waals surface area contributed by atoms with Crippen LogP contribution in [0.15, 0.2) is 24.3 Å². The fourth-order valence-corrected chi connectivity index (χ4v) is 2.30. The molecule has 1 aromatic carbocycles. The van der Waals surface area contributed by atoms with E-state index in [-0.39, 0.29) is 5.54 Å². The Labute approximate surface area is 131 Å². The van der Waals surface area contributed by atoms with Crippen LogP contribution < -0.4 is 10.1 Å². The lowest BCUT2D eigenvalue weighted by atomic mass is 9.83. The first-order valence-corrected chi connectivity index (χ1v) is 8.19. The lowest BCUT2D eigenvalue weighted by molar-refractivity contribution is 0.284. The minimum atomic E-state index is 0.213. The lowest BCUT2D eigenvalue weighted by Gasteiger charge is -2.28. The average molecular weight is 291 g/mol. The summed E-state index contributed by atoms with van der Waals surface area (Å²) in [7, 11) is 0. The molecule has 0 unspecified atom stereocenters. The topological polar surface area (TPSA) is 21.3 Å². The summed E-state index contributed by atoms with van der Waals surface area (Å²) in [6.45, 7) is 15.2. The van der Waals surface area contributed by atoms with Crippen LogP contribution in [0.1, 0.15) is 59.9 Å². The van der Waals surface area contributed by atoms with Gasteiger partial charge in [0, 0.05) is 5.54 Å². The summed E-state index contributed by atoms with van der Waals surface area (Å²) >= 11 is 0. The molecule has 0 aliphatic heterocycles. The van der Waals surface area contributed by atoms with E-state index in [1.165, 1.54) is 18.4 Å². The van der Waals surface area contributed by atoms with Gasteiger partial charge in [-0.15, -0.1) is 0 Å². The second-order valence-corrected chi connectivity index (χ2v) is 7.67. The summed E-state index contributed by atoms with van der Waals surface area (Å²) < 4.78 is 5.48. The van der Waals surface area contributed by atoms with Crippen LogP contribution in [-0.2, 0) is 6.42 Å². The standard InChI is InChI=1S/C19H33NO/c1-7-21-17-10-8-16(9-11-17)12-13-19(5,6)14-15-20-18(2,3)4/h8-11,20H,7,12-15H2,1-6H3. The Balaban J connectivity index is 2.38. The molecule has 21 heavy (non-hydrogen) atoms. The van der Waals surface area contributed by atoms with Crippen molar-refractivity contribution in [1.82, 2.24) is 5.32 Å². The van der Waals surface area contributed by atoms with E-state index in [1.807, 2.05) is 6.92 Å². The van der Waals surface area contributed by atoms with Gasteiger partial charge >= 0.3 is 0 Å². The molecule has 0 aliphatic carbocycles. The first-order valence-electron chi connectivity index (χ1n) is 8.19. The van der Waals surface area contributed by atoms with E-state index in [1.54, 1.807) is 0 Å². The number of ether oxygens (including phenoxy) is 1. The number of nitrogens with one attached hydrogen (secondary N) is 1. The molecule has 1 aromatic rings. The first-order chi connectivity index (χ1) is 9.72. The van der Waals surface area contributed by atoms with Crippen molar-refractivity contribution < 1.29 is 4.74 Å². The van der Waals surface area contributed by atoms with E-state index >= 15 is 0 Å². The van der Waals surface area contributed by atoms with Crippen LogP contribution in [-0.4, -0.2) is 18.7 Å². The second kappa shape index (κ2) is 7.84. The van der Waals surface area contributed by atoms with Gasteiger partial charge < -0.3 is 10.1 Å². The Morgan fingerprint density at radius 3 is 2.10 bits per heavy atom. The van der Waals surface area contributed by atoms with Crippen molar-refractivity contribution in [3.05, 3.63) is 29.8 Å². The third-order valence-electron chi connectivity index (χ3n) is 3.78. The highest BCUT2D eigenvalue weighted by molar-refractivity contribution is 5.27. The summed E-state index contributed by atoms with van der Waals surface area (Å²) in [5.74, 6) is 0.967. The molecule has 0 radical (unpaired) electrons. The largest absolute Gasteiger partial charge is 0.494 e. The molecule has 2 nitrogen and oxygen atoms in total. The fraction of sp³-hybridized carbons (Fsp3) is 0.684. The van der Waals surface area contributed by atoms with Gasteiger partial charge in [0.15, 0.2) is 0 Å². The monoisotopic (exact) mass is 291 g/mol. The van der Waals surface area contributed by atoms with Crippen LogP contribution in [0.4, 0.5) is 0 Å². The Kier molecular flexibility index (Phi) is 6.73. The number of aryl methyl sites for hydroxylation is 1. The minimum Gasteiger partial charge on any atom is -0.494 e. The molecule has 1 N–H and O–H groups in total. The van der Waals surface area contributed by atoms with Crippen molar-refractivity contribution in [3.63, 3.8) is 0 Å². The van der Waals surface area contributed by atoms with Gasteiger partial charge in [-0.3, -0.25) is 0 Å². The Morgan fingerprint density at radius 2 is 1.57 bits per heavy atom. The molecule has 0 fully saturated rings. The van der Waals surface area contributed by atoms with Crippen LogP contribution in [0.3, 0.4) is 0 Å². The quantitative estimate of drug-likeness (QED) is 0.741. The van der Waals surface area contributed by atoms with Gasteiger partial charge in [-0.05, 0) is 76.6 Å². The number of rotatable bonds is 8. The molecule has 0 bridgehead atoms. The normalized spacial score (nSPS) is 12.5. The maximum Gasteiger partial charge on any atom is 0.119 e. The van der Waals surface area contributed by atoms with E-state index in [4.69, 9.17) is 4.74 Å². The van der Waals surface area contributed by atoms with Crippen LogP contribution in [0.25, 0.3) is 0 Å². The predicted molar refractivity (Wildman–Crippen MR) is 92.1 cm³/mol. The minimum absolute atomic E-state index is 0.213. The van der Waals surface area contributed by atoms with Crippen molar-refractivity contribution in [2.45, 2.75) is 66.3 Å². The smallest absolute Gasteiger partial charge is 0.119 e. The number of hydrogen-bond acceptors (Lipinski definition) is 2. The highest BCUT2D eigenvalue weighted by atomic mass is 16.5. The predicted octanol–water partition coefficient (Wildman–Crippen LogP) is 4.82. The summed E-state index contributed by atoms with van der Waals surface area (Å²) in [5, 5.41) is 3.58. The van der Waals surface area contributed by atoms with E-state index in [2.05, 4.69) is 64.2 Å². The van der Waals surface area contributed by atoms with Gasteiger partial charge in [0.2, 0.25) is 0 Å². The van der Waals surface area contributed by atoms with Crippen molar-refractivity contribution in [2.24, 2.45) is 5.41 Å². The highest BCUT2D eigenvalue weighted by Gasteiger charge is 2.18. The zero-order valence-corrected chi connectivity index (χ0v) is 14.8. The second-order valence-electron chi connectivity index (χ2n) is 7.67. The van der Waals surface area contributed by atoms with Crippen LogP contribution in [0.5, 0.6) is 5.75 Å². The first kappa shape index (κ1) is 18.0. The van der Waals surface area contributed by atoms with Crippen molar-refractivity contribution in [3.8, 4) is 5.75 Å². The Hall–Kier alpha value is -1.02. The molecule has 0 saturated carbocycles. The average Bonchev–Trinajstić information content (AvgIpc) is 2.36. The molecule has 0 aromatic heterocycles. The highest BCUT2D eigenvalue weighted by Crippen LogP contribution is 2.27. The van der Waals surface area contributed by atoms with Gasteiger partial charge in [0.25, 0.3) is 0 Å². The maximum absolute atomic E-state index is 5.48. The summed E-state index contributed by atoms with van der Waals surface area (Å²) in [5.41, 5.74) is 1.98. The molecule has 0 heterocycles. The number of benzene rings is 1. The van der Waals surface area contributed by atoms with Crippen molar-refractivity contribution in [1.29, 1.82) is 0 Å². The molecule has 0 atom stereocenters. The molecule has 0 amide bonds. The van der Waals surface area contributed by atoms with E-state index in [0.717, 1.165) is 25.3 Å². The molecular weight excluding hydrogens is 258 g/mol. The van der Waals surface area contributed by atoms with Crippen molar-refractivity contribution in [2.75, 3.05) is 13.2 Å². The summed E-state index contributed by atoms with van der Waals surface area (Å²) in [4.78, 5) is 0. The van der Waals surface area contributed by atoms with Crippen LogP contribution >= 0.6 is 0 Å². The van der Waals surface area contributed by atoms with Crippen molar-refractivity contribution >= 4 is 0 Å². The maximum atomic E-state index is 5.48. The molecule has 120 valence electrons. The van der Waals surface area contributed by atoms with Gasteiger partial charge in [-0.1, -0.05) is 26.0 Å². The molecule has 2 heteroatoms. The SMILES string of the molecule is CCOc1ccc(CCC(C)(C)CCNC(C)(C)C)cc1. The van der Waals surface area contributed by atoms with Gasteiger partial charge in [-0.2, -0.15) is 0 Å². The molecule has 0 aliphatic rings. The van der Waals surface area contributed by atoms with Crippen LogP contribution in [0, 0.1) is 5.41 Å². The van der Waals surface area contributed by atoms with E-state index in [0.29, 0.717) is 5.41 Å². The van der Waals surface area contributed by atoms with Gasteiger partial charge in [0.1, 0.15) is 5.75 Å². The zero-order chi connectivity index (χ0) is 15.9. The zero-order valence-electron chi connectivity index (χ0n) is 14.8. The molecular formula is C19H33NO. The van der Waals surface area contributed by atoms with Crippen LogP contribution in [0.2, 0.25) is 0 Å². The van der Waals surface area contributed by atoms with E-state index < -0.39 is 0 Å². The van der Waals surface area contributed by atoms with E-state index in [9.17, 15) is 0 Å². The summed E-state index contributed by atoms with van der Waals surface area (Å²) in [6.07, 6.45) is 3.56.